The Morgan fingerprint density at radius 2 is 1.30 bits per heavy atom. The van der Waals surface area contributed by atoms with Gasteiger partial charge in [-0.25, -0.2) is 4.79 Å². The lowest BCUT2D eigenvalue weighted by atomic mass is 10.0. The highest BCUT2D eigenvalue weighted by Gasteiger charge is 2.10. The van der Waals surface area contributed by atoms with E-state index in [-0.39, 0.29) is 0 Å². The van der Waals surface area contributed by atoms with E-state index in [1.807, 2.05) is 18.2 Å². The van der Waals surface area contributed by atoms with Gasteiger partial charge in [-0.2, -0.15) is 0 Å². The first kappa shape index (κ1) is 23.5. The molecule has 0 aromatic heterocycles. The minimum atomic E-state index is -0.575. The summed E-state index contributed by atoms with van der Waals surface area (Å²) in [6.45, 7) is 4.89. The normalized spacial score (nSPS) is 10.7. The molecule has 0 aliphatic carbocycles. The predicted octanol–water partition coefficient (Wildman–Crippen LogP) is 7.86. The molecule has 0 saturated heterocycles. The van der Waals surface area contributed by atoms with Crippen LogP contribution in [0.5, 0.6) is 5.75 Å². The van der Waals surface area contributed by atoms with Gasteiger partial charge in [-0.1, -0.05) is 103 Å². The molecule has 0 aliphatic rings. The van der Waals surface area contributed by atoms with Crippen LogP contribution < -0.4 is 4.74 Å². The third-order valence-corrected chi connectivity index (χ3v) is 4.93. The van der Waals surface area contributed by atoms with Crippen molar-refractivity contribution >= 4 is 6.16 Å². The summed E-state index contributed by atoms with van der Waals surface area (Å²) in [5, 5.41) is 0. The molecule has 0 heterocycles. The van der Waals surface area contributed by atoms with Crippen LogP contribution in [0, 0.1) is 0 Å². The van der Waals surface area contributed by atoms with Crippen LogP contribution in [-0.2, 0) is 11.2 Å². The molecule has 0 saturated carbocycles. The van der Waals surface area contributed by atoms with Crippen LogP contribution in [0.15, 0.2) is 24.3 Å². The summed E-state index contributed by atoms with van der Waals surface area (Å²) < 4.78 is 10.6. The van der Waals surface area contributed by atoms with Crippen molar-refractivity contribution in [3.05, 3.63) is 29.8 Å². The van der Waals surface area contributed by atoms with Crippen LogP contribution in [0.2, 0.25) is 0 Å². The zero-order valence-corrected chi connectivity index (χ0v) is 17.6. The fraction of sp³-hybridized carbons (Fsp3) is 0.708. The number of carbonyl (C=O) groups excluding carboxylic acids is 1. The van der Waals surface area contributed by atoms with Gasteiger partial charge in [0.2, 0.25) is 0 Å². The predicted molar refractivity (Wildman–Crippen MR) is 113 cm³/mol. The van der Waals surface area contributed by atoms with E-state index in [1.165, 1.54) is 64.2 Å². The summed E-state index contributed by atoms with van der Waals surface area (Å²) in [7, 11) is 0. The smallest absolute Gasteiger partial charge is 0.434 e. The highest BCUT2D eigenvalue weighted by atomic mass is 16.7. The number of hydrogen-bond acceptors (Lipinski definition) is 3. The maximum absolute atomic E-state index is 11.9. The summed E-state index contributed by atoms with van der Waals surface area (Å²) in [5.74, 6) is 0.649. The second kappa shape index (κ2) is 16.6. The Hall–Kier alpha value is -1.51. The van der Waals surface area contributed by atoms with Gasteiger partial charge >= 0.3 is 6.16 Å². The average molecular weight is 377 g/mol. The Morgan fingerprint density at radius 1 is 0.741 bits per heavy atom. The Balaban J connectivity index is 2.21. The van der Waals surface area contributed by atoms with Crippen LogP contribution in [0.25, 0.3) is 0 Å². The SMILES string of the molecule is CCCCCCCCCCc1ccccc1OC(=O)OCCCCCCC. The fourth-order valence-corrected chi connectivity index (χ4v) is 3.24. The number of ether oxygens (including phenoxy) is 2. The van der Waals surface area contributed by atoms with Crippen molar-refractivity contribution in [3.8, 4) is 5.75 Å². The molecule has 1 aromatic carbocycles. The summed E-state index contributed by atoms with van der Waals surface area (Å²) >= 11 is 0. The third-order valence-electron chi connectivity index (χ3n) is 4.93. The van der Waals surface area contributed by atoms with Crippen LogP contribution in [0.1, 0.15) is 103 Å². The fourth-order valence-electron chi connectivity index (χ4n) is 3.24. The van der Waals surface area contributed by atoms with E-state index in [4.69, 9.17) is 9.47 Å². The molecule has 3 nitrogen and oxygen atoms in total. The molecular weight excluding hydrogens is 336 g/mol. The van der Waals surface area contributed by atoms with Crippen LogP contribution in [0.4, 0.5) is 4.79 Å². The third kappa shape index (κ3) is 12.5. The van der Waals surface area contributed by atoms with Gasteiger partial charge in [0.25, 0.3) is 0 Å². The van der Waals surface area contributed by atoms with E-state index in [9.17, 15) is 4.79 Å². The molecule has 1 aromatic rings. The molecule has 0 radical (unpaired) electrons. The molecule has 0 N–H and O–H groups in total. The number of rotatable bonds is 16. The maximum Gasteiger partial charge on any atom is 0.513 e. The van der Waals surface area contributed by atoms with Crippen molar-refractivity contribution in [2.24, 2.45) is 0 Å². The lowest BCUT2D eigenvalue weighted by Crippen LogP contribution is -2.12. The number of aryl methyl sites for hydroxylation is 1. The maximum atomic E-state index is 11.9. The topological polar surface area (TPSA) is 35.5 Å². The van der Waals surface area contributed by atoms with Crippen LogP contribution in [-0.4, -0.2) is 12.8 Å². The molecule has 0 fully saturated rings. The highest BCUT2D eigenvalue weighted by Crippen LogP contribution is 2.21. The van der Waals surface area contributed by atoms with Gasteiger partial charge in [-0.15, -0.1) is 0 Å². The van der Waals surface area contributed by atoms with E-state index in [2.05, 4.69) is 19.9 Å². The second-order valence-electron chi connectivity index (χ2n) is 7.45. The van der Waals surface area contributed by atoms with Crippen molar-refractivity contribution < 1.29 is 14.3 Å². The summed E-state index contributed by atoms with van der Waals surface area (Å²) in [5.41, 5.74) is 1.10. The van der Waals surface area contributed by atoms with Gasteiger partial charge in [0.05, 0.1) is 6.61 Å². The molecule has 0 spiro atoms. The molecule has 0 unspecified atom stereocenters. The zero-order valence-electron chi connectivity index (χ0n) is 17.6. The zero-order chi connectivity index (χ0) is 19.6. The van der Waals surface area contributed by atoms with Crippen LogP contribution in [0.3, 0.4) is 0 Å². The van der Waals surface area contributed by atoms with Crippen molar-refractivity contribution in [3.63, 3.8) is 0 Å². The van der Waals surface area contributed by atoms with Gasteiger partial charge in [-0.05, 0) is 30.9 Å². The minimum Gasteiger partial charge on any atom is -0.434 e. The number of hydrogen-bond donors (Lipinski definition) is 0. The monoisotopic (exact) mass is 376 g/mol. The van der Waals surface area contributed by atoms with Gasteiger partial charge in [0.1, 0.15) is 5.75 Å². The van der Waals surface area contributed by atoms with E-state index >= 15 is 0 Å². The Morgan fingerprint density at radius 3 is 1.96 bits per heavy atom. The molecule has 1 rings (SSSR count). The van der Waals surface area contributed by atoms with Crippen molar-refractivity contribution in [1.82, 2.24) is 0 Å². The number of para-hydroxylation sites is 1. The molecule has 0 amide bonds. The molecule has 0 atom stereocenters. The Bertz CT molecular complexity index is 484. The lowest BCUT2D eigenvalue weighted by Gasteiger charge is -2.10. The summed E-state index contributed by atoms with van der Waals surface area (Å²) in [6, 6.07) is 7.83. The van der Waals surface area contributed by atoms with E-state index in [0.29, 0.717) is 12.4 Å². The molecule has 3 heteroatoms. The first-order valence-electron chi connectivity index (χ1n) is 11.2. The minimum absolute atomic E-state index is 0.447. The first-order valence-corrected chi connectivity index (χ1v) is 11.2. The number of unbranched alkanes of at least 4 members (excludes halogenated alkanes) is 11. The molecule has 27 heavy (non-hydrogen) atoms. The first-order chi connectivity index (χ1) is 13.3. The van der Waals surface area contributed by atoms with Gasteiger partial charge in [-0.3, -0.25) is 0 Å². The van der Waals surface area contributed by atoms with Crippen molar-refractivity contribution in [2.75, 3.05) is 6.61 Å². The largest absolute Gasteiger partial charge is 0.513 e. The Kier molecular flexibility index (Phi) is 14.5. The van der Waals surface area contributed by atoms with Gasteiger partial charge in [0, 0.05) is 0 Å². The molecule has 154 valence electrons. The average Bonchev–Trinajstić information content (AvgIpc) is 2.68. The van der Waals surface area contributed by atoms with E-state index in [1.54, 1.807) is 0 Å². The van der Waals surface area contributed by atoms with E-state index < -0.39 is 6.16 Å². The van der Waals surface area contributed by atoms with Crippen molar-refractivity contribution in [2.45, 2.75) is 104 Å². The summed E-state index contributed by atoms with van der Waals surface area (Å²) in [4.78, 5) is 11.9. The molecular formula is C24H40O3. The van der Waals surface area contributed by atoms with E-state index in [0.717, 1.165) is 31.2 Å². The molecule has 0 aliphatic heterocycles. The van der Waals surface area contributed by atoms with Crippen molar-refractivity contribution in [1.29, 1.82) is 0 Å². The highest BCUT2D eigenvalue weighted by molar-refractivity contribution is 5.64. The quantitative estimate of drug-likeness (QED) is 0.167. The van der Waals surface area contributed by atoms with Crippen LogP contribution >= 0.6 is 0 Å². The Labute approximate surface area is 166 Å². The number of benzene rings is 1. The number of carbonyl (C=O) groups is 1. The van der Waals surface area contributed by atoms with Gasteiger partial charge < -0.3 is 9.47 Å². The summed E-state index contributed by atoms with van der Waals surface area (Å²) in [6.07, 6.45) is 16.5. The second-order valence-corrected chi connectivity index (χ2v) is 7.45. The molecule has 0 bridgehead atoms. The lowest BCUT2D eigenvalue weighted by molar-refractivity contribution is 0.0969. The van der Waals surface area contributed by atoms with Gasteiger partial charge in [0.15, 0.2) is 0 Å². The standard InChI is InChI=1S/C24H40O3/c1-3-5-7-9-10-11-12-14-18-22-19-15-16-20-23(22)27-24(25)26-21-17-13-8-6-4-2/h15-16,19-20H,3-14,17-18,21H2,1-2H3.